The van der Waals surface area contributed by atoms with Gasteiger partial charge in [-0.1, -0.05) is 53.4 Å². The van der Waals surface area contributed by atoms with Crippen molar-refractivity contribution in [1.82, 2.24) is 9.99 Å². The number of thioether (sulfide) groups is 1. The topological polar surface area (TPSA) is 65.5 Å². The molecule has 0 bridgehead atoms. The van der Waals surface area contributed by atoms with Gasteiger partial charge < -0.3 is 5.11 Å². The molecule has 5 nitrogen and oxygen atoms in total. The van der Waals surface area contributed by atoms with Crippen LogP contribution in [0.2, 0.25) is 0 Å². The number of amides is 1. The molecule has 8 heteroatoms. The quantitative estimate of drug-likeness (QED) is 0.520. The number of benzene rings is 2. The third kappa shape index (κ3) is 3.11. The lowest BCUT2D eigenvalue weighted by atomic mass is 10.2. The number of nitrogens with one attached hydrogen (secondary N) is 1. The number of phenols is 1. The molecule has 3 aromatic rings. The summed E-state index contributed by atoms with van der Waals surface area (Å²) < 4.78 is 1.42. The summed E-state index contributed by atoms with van der Waals surface area (Å²) in [7, 11) is 0. The molecule has 4 rings (SSSR count). The SMILES string of the molecule is O=C1/C(=C\c2ccccc2O)SC(=S)N1Nc1nc2ccccc2s1. The average molecular weight is 385 g/mol. The first-order valence-electron chi connectivity index (χ1n) is 7.30. The molecule has 1 aliphatic rings. The first kappa shape index (κ1) is 16.1. The molecule has 0 aliphatic carbocycles. The number of aromatic hydroxyl groups is 1. The van der Waals surface area contributed by atoms with Crippen LogP contribution >= 0.6 is 35.3 Å². The molecule has 2 heterocycles. The van der Waals surface area contributed by atoms with Crippen molar-refractivity contribution in [3.05, 3.63) is 59.0 Å². The Kier molecular flexibility index (Phi) is 4.16. The number of carbonyl (C=O) groups excluding carboxylic acids is 1. The minimum atomic E-state index is -0.266. The Morgan fingerprint density at radius 1 is 1.16 bits per heavy atom. The second-order valence-corrected chi connectivity index (χ2v) is 7.88. The van der Waals surface area contributed by atoms with Crippen molar-refractivity contribution in [3.8, 4) is 5.75 Å². The number of hydrogen-bond acceptors (Lipinski definition) is 7. The third-order valence-corrected chi connectivity index (χ3v) is 5.76. The second kappa shape index (κ2) is 6.47. The second-order valence-electron chi connectivity index (χ2n) is 5.17. The molecule has 25 heavy (non-hydrogen) atoms. The van der Waals surface area contributed by atoms with E-state index in [9.17, 15) is 9.90 Å². The number of hydrazine groups is 1. The molecular formula is C17H11N3O2S3. The lowest BCUT2D eigenvalue weighted by molar-refractivity contribution is -0.121. The van der Waals surface area contributed by atoms with Crippen LogP contribution in [0.25, 0.3) is 16.3 Å². The number of phenolic OH excluding ortho intramolecular Hbond substituents is 1. The van der Waals surface area contributed by atoms with Gasteiger partial charge in [-0.15, -0.1) is 0 Å². The van der Waals surface area contributed by atoms with E-state index in [-0.39, 0.29) is 11.7 Å². The molecule has 1 amide bonds. The highest BCUT2D eigenvalue weighted by molar-refractivity contribution is 8.26. The lowest BCUT2D eigenvalue weighted by Crippen LogP contribution is -2.33. The van der Waals surface area contributed by atoms with Crippen LogP contribution in [0.4, 0.5) is 5.13 Å². The van der Waals surface area contributed by atoms with Crippen LogP contribution in [-0.4, -0.2) is 25.3 Å². The van der Waals surface area contributed by atoms with Crippen LogP contribution in [0.15, 0.2) is 53.4 Å². The van der Waals surface area contributed by atoms with Crippen molar-refractivity contribution >= 4 is 67.0 Å². The number of nitrogens with zero attached hydrogens (tertiary/aromatic N) is 2. The van der Waals surface area contributed by atoms with Gasteiger partial charge in [0.2, 0.25) is 5.13 Å². The van der Waals surface area contributed by atoms with E-state index in [1.165, 1.54) is 28.1 Å². The van der Waals surface area contributed by atoms with Crippen LogP contribution in [0.5, 0.6) is 5.75 Å². The first-order chi connectivity index (χ1) is 12.1. The molecule has 1 aliphatic heterocycles. The fourth-order valence-corrected chi connectivity index (χ4v) is 4.36. The molecule has 2 aromatic carbocycles. The largest absolute Gasteiger partial charge is 0.507 e. The van der Waals surface area contributed by atoms with E-state index < -0.39 is 0 Å². The number of rotatable bonds is 3. The van der Waals surface area contributed by atoms with Gasteiger partial charge in [0.1, 0.15) is 5.75 Å². The molecule has 1 aromatic heterocycles. The minimum absolute atomic E-state index is 0.118. The van der Waals surface area contributed by atoms with E-state index in [0.717, 1.165) is 10.2 Å². The Bertz CT molecular complexity index is 996. The van der Waals surface area contributed by atoms with Gasteiger partial charge in [-0.25, -0.2) is 4.98 Å². The maximum atomic E-state index is 12.6. The minimum Gasteiger partial charge on any atom is -0.507 e. The van der Waals surface area contributed by atoms with Gasteiger partial charge in [0, 0.05) is 5.56 Å². The van der Waals surface area contributed by atoms with Crippen molar-refractivity contribution in [3.63, 3.8) is 0 Å². The number of para-hydroxylation sites is 2. The summed E-state index contributed by atoms with van der Waals surface area (Å²) in [5.41, 5.74) is 4.42. The maximum Gasteiger partial charge on any atom is 0.285 e. The Hall–Kier alpha value is -2.42. The zero-order valence-corrected chi connectivity index (χ0v) is 15.1. The molecule has 0 saturated carbocycles. The van der Waals surface area contributed by atoms with Crippen LogP contribution in [0.3, 0.4) is 0 Å². The van der Waals surface area contributed by atoms with E-state index in [1.807, 2.05) is 24.3 Å². The Morgan fingerprint density at radius 3 is 2.72 bits per heavy atom. The molecular weight excluding hydrogens is 374 g/mol. The van der Waals surface area contributed by atoms with E-state index >= 15 is 0 Å². The van der Waals surface area contributed by atoms with Gasteiger partial charge in [0.25, 0.3) is 5.91 Å². The van der Waals surface area contributed by atoms with Gasteiger partial charge in [0.05, 0.1) is 15.1 Å². The molecule has 1 fully saturated rings. The molecule has 1 saturated heterocycles. The third-order valence-electron chi connectivity index (χ3n) is 3.52. The van der Waals surface area contributed by atoms with Crippen molar-refractivity contribution < 1.29 is 9.90 Å². The smallest absolute Gasteiger partial charge is 0.285 e. The van der Waals surface area contributed by atoms with Gasteiger partial charge in [-0.05, 0) is 36.5 Å². The molecule has 0 atom stereocenters. The first-order valence-corrected chi connectivity index (χ1v) is 9.34. The molecule has 2 N–H and O–H groups in total. The number of thiocarbonyl (C=S) groups is 1. The summed E-state index contributed by atoms with van der Waals surface area (Å²) in [5.74, 6) is -0.149. The summed E-state index contributed by atoms with van der Waals surface area (Å²) in [6, 6.07) is 14.6. The van der Waals surface area contributed by atoms with E-state index in [4.69, 9.17) is 12.2 Å². The van der Waals surface area contributed by atoms with E-state index in [2.05, 4.69) is 10.4 Å². The fraction of sp³-hybridized carbons (Fsp3) is 0. The predicted octanol–water partition coefficient (Wildman–Crippen LogP) is 4.23. The van der Waals surface area contributed by atoms with Gasteiger partial charge >= 0.3 is 0 Å². The van der Waals surface area contributed by atoms with Crippen molar-refractivity contribution in [2.24, 2.45) is 0 Å². The Labute approximate surface area is 157 Å². The van der Waals surface area contributed by atoms with Gasteiger partial charge in [0.15, 0.2) is 4.32 Å². The maximum absolute atomic E-state index is 12.6. The van der Waals surface area contributed by atoms with Crippen molar-refractivity contribution in [1.29, 1.82) is 0 Å². The summed E-state index contributed by atoms with van der Waals surface area (Å²) in [6.45, 7) is 0. The van der Waals surface area contributed by atoms with Crippen LogP contribution < -0.4 is 5.43 Å². The number of thiazole rings is 1. The zero-order chi connectivity index (χ0) is 17.4. The fourth-order valence-electron chi connectivity index (χ4n) is 2.33. The van der Waals surface area contributed by atoms with Crippen molar-refractivity contribution in [2.45, 2.75) is 0 Å². The summed E-state index contributed by atoms with van der Waals surface area (Å²) >= 11 is 7.94. The summed E-state index contributed by atoms with van der Waals surface area (Å²) in [5, 5.41) is 11.8. The Balaban J connectivity index is 1.60. The van der Waals surface area contributed by atoms with Crippen LogP contribution in [0.1, 0.15) is 5.56 Å². The zero-order valence-electron chi connectivity index (χ0n) is 12.7. The highest BCUT2D eigenvalue weighted by Gasteiger charge is 2.33. The summed E-state index contributed by atoms with van der Waals surface area (Å²) in [4.78, 5) is 17.5. The normalized spacial score (nSPS) is 16.2. The van der Waals surface area contributed by atoms with E-state index in [0.29, 0.717) is 19.9 Å². The number of anilines is 1. The van der Waals surface area contributed by atoms with E-state index in [1.54, 1.807) is 30.3 Å². The highest BCUT2D eigenvalue weighted by atomic mass is 32.2. The molecule has 0 unspecified atom stereocenters. The predicted molar refractivity (Wildman–Crippen MR) is 106 cm³/mol. The molecule has 0 radical (unpaired) electrons. The molecule has 0 spiro atoms. The average Bonchev–Trinajstić information content (AvgIpc) is 3.13. The number of carbonyl (C=O) groups is 1. The van der Waals surface area contributed by atoms with Crippen LogP contribution in [-0.2, 0) is 4.79 Å². The van der Waals surface area contributed by atoms with Crippen molar-refractivity contribution in [2.75, 3.05) is 5.43 Å². The highest BCUT2D eigenvalue weighted by Crippen LogP contribution is 2.35. The number of aromatic nitrogens is 1. The van der Waals surface area contributed by atoms with Gasteiger partial charge in [-0.3, -0.25) is 10.2 Å². The molecule has 124 valence electrons. The number of fused-ring (bicyclic) bond motifs is 1. The lowest BCUT2D eigenvalue weighted by Gasteiger charge is -2.14. The van der Waals surface area contributed by atoms with Gasteiger partial charge in [-0.2, -0.15) is 5.01 Å². The Morgan fingerprint density at radius 2 is 1.92 bits per heavy atom. The monoisotopic (exact) mass is 385 g/mol. The number of hydrogen-bond donors (Lipinski definition) is 2. The summed E-state index contributed by atoms with van der Waals surface area (Å²) in [6.07, 6.45) is 1.63. The standard InChI is InChI=1S/C17H11N3O2S3/c21-12-7-3-1-5-10(12)9-14-15(22)20(17(23)25-14)19-16-18-11-6-2-4-8-13(11)24-16/h1-9,21H,(H,18,19)/b14-9+. The van der Waals surface area contributed by atoms with Crippen LogP contribution in [0, 0.1) is 0 Å².